The molecule has 3 N–H and O–H groups in total. The molecule has 1 aliphatic rings. The zero-order chi connectivity index (χ0) is 23.2. The number of ether oxygens (including phenoxy) is 3. The van der Waals surface area contributed by atoms with Gasteiger partial charge in [-0.15, -0.1) is 0 Å². The smallest absolute Gasteiger partial charge is 0.330 e. The molecule has 0 aliphatic carbocycles. The average molecular weight is 446 g/mol. The number of aromatic nitrogens is 2. The minimum absolute atomic E-state index is 0.196. The number of aromatic amines is 1. The van der Waals surface area contributed by atoms with E-state index in [1.54, 1.807) is 11.9 Å². The van der Waals surface area contributed by atoms with Gasteiger partial charge in [0.25, 0.3) is 5.56 Å². The van der Waals surface area contributed by atoms with Crippen molar-refractivity contribution in [3.63, 3.8) is 0 Å². The predicted molar refractivity (Wildman–Crippen MR) is 102 cm³/mol. The fourth-order valence-corrected chi connectivity index (χ4v) is 3.28. The summed E-state index contributed by atoms with van der Waals surface area (Å²) in [6.07, 6.45) is -2.06. The molecule has 12 heteroatoms. The van der Waals surface area contributed by atoms with Crippen LogP contribution >= 0.6 is 0 Å². The zero-order valence-corrected chi connectivity index (χ0v) is 17.3. The van der Waals surface area contributed by atoms with Gasteiger partial charge in [0.1, 0.15) is 6.10 Å². The molecule has 1 saturated heterocycles. The fraction of sp³-hybridized carbons (Fsp3) is 0.684. The number of H-pyrrole nitrogens is 1. The van der Waals surface area contributed by atoms with E-state index >= 15 is 0 Å². The van der Waals surface area contributed by atoms with Crippen LogP contribution in [-0.4, -0.2) is 63.2 Å². The van der Waals surface area contributed by atoms with Crippen molar-refractivity contribution in [3.8, 4) is 0 Å². The fourth-order valence-electron chi connectivity index (χ4n) is 3.28. The molecule has 1 aromatic heterocycles. The number of carbonyl (C=O) groups excluding carboxylic acids is 2. The van der Waals surface area contributed by atoms with Crippen LogP contribution in [0.5, 0.6) is 0 Å². The van der Waals surface area contributed by atoms with Gasteiger partial charge in [-0.1, -0.05) is 13.3 Å². The van der Waals surface area contributed by atoms with Gasteiger partial charge < -0.3 is 24.4 Å². The highest BCUT2D eigenvalue weighted by molar-refractivity contribution is 5.86. The first kappa shape index (κ1) is 24.9. The first-order valence-corrected chi connectivity index (χ1v) is 9.95. The molecule has 0 radical (unpaired) electrons. The van der Waals surface area contributed by atoms with Crippen molar-refractivity contribution in [1.29, 1.82) is 0 Å². The molecular weight excluding hydrogens is 419 g/mol. The number of nitrogens with one attached hydrogen (secondary N) is 1. The topological polar surface area (TPSA) is 157 Å². The number of rotatable bonds is 10. The van der Waals surface area contributed by atoms with E-state index in [0.29, 0.717) is 17.4 Å². The first-order valence-electron chi connectivity index (χ1n) is 9.95. The second kappa shape index (κ2) is 10.8. The molecule has 1 aliphatic heterocycles. The maximum absolute atomic E-state index is 13.8. The van der Waals surface area contributed by atoms with Gasteiger partial charge in [-0.3, -0.25) is 23.9 Å². The Bertz CT molecular complexity index is 899. The number of unbranched alkanes of at least 4 members (excludes halogenated alkanes) is 1. The quantitative estimate of drug-likeness (QED) is 0.245. The SMILES string of the molecule is CCCCOC(C)CC(=O)OC(=O)C[C@]1(n2cc(F)c(=O)[nH]c2=O)C[C@H](O)[C@@H](CO)O1. The van der Waals surface area contributed by atoms with Gasteiger partial charge in [0, 0.05) is 13.0 Å². The van der Waals surface area contributed by atoms with Crippen LogP contribution in [0.2, 0.25) is 0 Å². The lowest BCUT2D eigenvalue weighted by molar-refractivity contribution is -0.172. The summed E-state index contributed by atoms with van der Waals surface area (Å²) in [6, 6.07) is 0. The molecule has 0 bridgehead atoms. The van der Waals surface area contributed by atoms with Gasteiger partial charge in [-0.05, 0) is 13.3 Å². The number of nitrogens with zero attached hydrogens (tertiary/aromatic N) is 1. The van der Waals surface area contributed by atoms with Crippen molar-refractivity contribution in [1.82, 2.24) is 9.55 Å². The molecule has 4 atom stereocenters. The van der Waals surface area contributed by atoms with Gasteiger partial charge in [0.05, 0.1) is 37.9 Å². The standard InChI is InChI=1S/C19H27FN2O9/c1-3-4-5-29-11(2)6-15(25)30-16(26)8-19(7-13(24)14(10-23)31-19)22-9-12(20)17(27)21-18(22)28/h9,11,13-14,23-24H,3-8,10H2,1-2H3,(H,21,27,28)/t11?,13-,14+,19-/m0/s1. The maximum Gasteiger partial charge on any atom is 0.330 e. The van der Waals surface area contributed by atoms with Crippen molar-refractivity contribution >= 4 is 11.9 Å². The molecule has 0 spiro atoms. The number of aliphatic hydroxyl groups excluding tert-OH is 2. The largest absolute Gasteiger partial charge is 0.394 e. The van der Waals surface area contributed by atoms with Crippen LogP contribution in [0.3, 0.4) is 0 Å². The van der Waals surface area contributed by atoms with Crippen molar-refractivity contribution in [2.75, 3.05) is 13.2 Å². The molecule has 1 fully saturated rings. The molecule has 1 aromatic rings. The Morgan fingerprint density at radius 1 is 1.42 bits per heavy atom. The molecule has 2 rings (SSSR count). The lowest BCUT2D eigenvalue weighted by Crippen LogP contribution is -2.46. The minimum Gasteiger partial charge on any atom is -0.394 e. The van der Waals surface area contributed by atoms with Crippen LogP contribution in [0.15, 0.2) is 15.8 Å². The van der Waals surface area contributed by atoms with E-state index in [4.69, 9.17) is 14.2 Å². The van der Waals surface area contributed by atoms with E-state index in [0.717, 1.165) is 12.8 Å². The van der Waals surface area contributed by atoms with E-state index in [1.807, 2.05) is 6.92 Å². The third-order valence-corrected chi connectivity index (χ3v) is 4.85. The number of halogens is 1. The van der Waals surface area contributed by atoms with Gasteiger partial charge in [0.15, 0.2) is 5.72 Å². The Labute approximate surface area is 176 Å². The monoisotopic (exact) mass is 446 g/mol. The number of hydrogen-bond acceptors (Lipinski definition) is 9. The molecule has 0 amide bonds. The highest BCUT2D eigenvalue weighted by atomic mass is 19.1. The molecule has 31 heavy (non-hydrogen) atoms. The van der Waals surface area contributed by atoms with Gasteiger partial charge in [-0.2, -0.15) is 4.39 Å². The van der Waals surface area contributed by atoms with E-state index in [-0.39, 0.29) is 6.42 Å². The van der Waals surface area contributed by atoms with Crippen LogP contribution in [0.25, 0.3) is 0 Å². The van der Waals surface area contributed by atoms with Crippen LogP contribution in [0, 0.1) is 5.82 Å². The molecular formula is C19H27FN2O9. The van der Waals surface area contributed by atoms with Crippen LogP contribution < -0.4 is 11.2 Å². The van der Waals surface area contributed by atoms with Crippen molar-refractivity contribution < 1.29 is 38.4 Å². The molecule has 0 saturated carbocycles. The second-order valence-corrected chi connectivity index (χ2v) is 7.42. The maximum atomic E-state index is 13.8. The molecule has 11 nitrogen and oxygen atoms in total. The Hall–Kier alpha value is -2.41. The number of hydrogen-bond donors (Lipinski definition) is 3. The number of aliphatic hydroxyl groups is 2. The summed E-state index contributed by atoms with van der Waals surface area (Å²) < 4.78 is 30.1. The highest BCUT2D eigenvalue weighted by Gasteiger charge is 2.50. The predicted octanol–water partition coefficient (Wildman–Crippen LogP) is -0.474. The van der Waals surface area contributed by atoms with Crippen molar-refractivity contribution in [3.05, 3.63) is 32.9 Å². The molecule has 0 aromatic carbocycles. The summed E-state index contributed by atoms with van der Waals surface area (Å²) in [7, 11) is 0. The summed E-state index contributed by atoms with van der Waals surface area (Å²) in [6.45, 7) is 3.44. The van der Waals surface area contributed by atoms with E-state index in [2.05, 4.69) is 0 Å². The van der Waals surface area contributed by atoms with E-state index in [1.165, 1.54) is 0 Å². The summed E-state index contributed by atoms with van der Waals surface area (Å²) in [5.41, 5.74) is -4.35. The van der Waals surface area contributed by atoms with E-state index < -0.39 is 72.5 Å². The lowest BCUT2D eigenvalue weighted by Gasteiger charge is -2.29. The van der Waals surface area contributed by atoms with Gasteiger partial charge in [-0.25, -0.2) is 4.79 Å². The van der Waals surface area contributed by atoms with E-state index in [9.17, 15) is 33.8 Å². The van der Waals surface area contributed by atoms with Crippen LogP contribution in [0.1, 0.15) is 46.0 Å². The van der Waals surface area contributed by atoms with Crippen molar-refractivity contribution in [2.24, 2.45) is 0 Å². The van der Waals surface area contributed by atoms with Gasteiger partial charge in [0.2, 0.25) is 5.82 Å². The Balaban J connectivity index is 2.17. The summed E-state index contributed by atoms with van der Waals surface area (Å²) in [5.74, 6) is -3.30. The van der Waals surface area contributed by atoms with Crippen LogP contribution in [0.4, 0.5) is 4.39 Å². The normalized spacial score (nSPS) is 24.2. The minimum atomic E-state index is -1.98. The Morgan fingerprint density at radius 2 is 2.13 bits per heavy atom. The van der Waals surface area contributed by atoms with Crippen LogP contribution in [-0.2, 0) is 29.5 Å². The first-order chi connectivity index (χ1) is 14.6. The third-order valence-electron chi connectivity index (χ3n) is 4.85. The van der Waals surface area contributed by atoms with Gasteiger partial charge >= 0.3 is 17.6 Å². The average Bonchev–Trinajstić information content (AvgIpc) is 3.00. The summed E-state index contributed by atoms with van der Waals surface area (Å²) in [5, 5.41) is 19.5. The second-order valence-electron chi connectivity index (χ2n) is 7.42. The number of esters is 2. The van der Waals surface area contributed by atoms with Crippen molar-refractivity contribution in [2.45, 2.75) is 70.0 Å². The lowest BCUT2D eigenvalue weighted by atomic mass is 10.0. The Morgan fingerprint density at radius 3 is 2.74 bits per heavy atom. The zero-order valence-electron chi connectivity index (χ0n) is 17.3. The number of carbonyl (C=O) groups is 2. The Kier molecular flexibility index (Phi) is 8.62. The molecule has 2 heterocycles. The molecule has 1 unspecified atom stereocenters. The molecule has 174 valence electrons. The summed E-state index contributed by atoms with van der Waals surface area (Å²) in [4.78, 5) is 49.8. The summed E-state index contributed by atoms with van der Waals surface area (Å²) >= 11 is 0. The highest BCUT2D eigenvalue weighted by Crippen LogP contribution is 2.37. The third kappa shape index (κ3) is 6.29.